The number of rotatable bonds is 10. The highest BCUT2D eigenvalue weighted by molar-refractivity contribution is 7.98. The third kappa shape index (κ3) is 8.00. The predicted octanol–water partition coefficient (Wildman–Crippen LogP) is 4.23. The van der Waals surface area contributed by atoms with Crippen molar-refractivity contribution in [3.05, 3.63) is 33.8 Å². The molecular weight excluding hydrogens is 429 g/mol. The van der Waals surface area contributed by atoms with Crippen molar-refractivity contribution in [3.8, 4) is 0 Å². The van der Waals surface area contributed by atoms with Crippen LogP contribution in [0.15, 0.2) is 18.2 Å². The third-order valence-electron chi connectivity index (χ3n) is 5.17. The van der Waals surface area contributed by atoms with Crippen LogP contribution in [0.1, 0.15) is 49.4 Å². The number of likely N-dealkylation sites (tertiary alicyclic amines) is 1. The first-order valence-corrected chi connectivity index (χ1v) is 12.4. The molecule has 2 rings (SSSR count). The summed E-state index contributed by atoms with van der Waals surface area (Å²) >= 11 is 13.7. The number of carbonyl (C=O) groups is 2. The number of unbranched alkanes of at least 4 members (excludes halogenated alkanes) is 1. The Labute approximate surface area is 188 Å². The van der Waals surface area contributed by atoms with Crippen molar-refractivity contribution in [2.75, 3.05) is 31.6 Å². The van der Waals surface area contributed by atoms with Crippen molar-refractivity contribution in [1.29, 1.82) is 0 Å². The van der Waals surface area contributed by atoms with Gasteiger partial charge in [-0.25, -0.2) is 0 Å². The lowest BCUT2D eigenvalue weighted by molar-refractivity contribution is -0.124. The second-order valence-electron chi connectivity index (χ2n) is 7.41. The molecule has 0 radical (unpaired) electrons. The maximum Gasteiger partial charge on any atom is 0.253 e. The first kappa shape index (κ1) is 24.3. The summed E-state index contributed by atoms with van der Waals surface area (Å²) in [5.41, 5.74) is 0.322. The van der Waals surface area contributed by atoms with Gasteiger partial charge in [0.1, 0.15) is 6.04 Å². The van der Waals surface area contributed by atoms with Crippen LogP contribution in [0.3, 0.4) is 0 Å². The summed E-state index contributed by atoms with van der Waals surface area (Å²) in [6.45, 7) is 5.35. The average molecular weight is 460 g/mol. The summed E-state index contributed by atoms with van der Waals surface area (Å²) < 4.78 is 0. The van der Waals surface area contributed by atoms with Crippen molar-refractivity contribution in [3.63, 3.8) is 0 Å². The summed E-state index contributed by atoms with van der Waals surface area (Å²) in [5.74, 6) is 0.300. The fourth-order valence-corrected chi connectivity index (χ4v) is 4.36. The van der Waals surface area contributed by atoms with Crippen LogP contribution in [-0.4, -0.2) is 60.4 Å². The fourth-order valence-electron chi connectivity index (χ4n) is 3.40. The molecule has 1 saturated heterocycles. The van der Waals surface area contributed by atoms with Gasteiger partial charge in [-0.15, -0.1) is 0 Å². The summed E-state index contributed by atoms with van der Waals surface area (Å²) in [4.78, 5) is 28.0. The average Bonchev–Trinajstić information content (AvgIpc) is 2.70. The minimum atomic E-state index is -0.584. The first-order chi connectivity index (χ1) is 13.9. The molecule has 1 unspecified atom stereocenters. The van der Waals surface area contributed by atoms with E-state index in [1.807, 2.05) is 6.26 Å². The molecule has 0 aliphatic carbocycles. The largest absolute Gasteiger partial charge is 0.351 e. The lowest BCUT2D eigenvalue weighted by atomic mass is 10.0. The second kappa shape index (κ2) is 12.7. The van der Waals surface area contributed by atoms with Crippen LogP contribution < -0.4 is 10.6 Å². The Morgan fingerprint density at radius 1 is 1.28 bits per heavy atom. The topological polar surface area (TPSA) is 61.4 Å². The highest BCUT2D eigenvalue weighted by atomic mass is 35.5. The van der Waals surface area contributed by atoms with E-state index in [4.69, 9.17) is 23.2 Å². The quantitative estimate of drug-likeness (QED) is 0.549. The lowest BCUT2D eigenvalue weighted by Crippen LogP contribution is -2.52. The molecule has 29 heavy (non-hydrogen) atoms. The molecule has 8 heteroatoms. The van der Waals surface area contributed by atoms with Gasteiger partial charge in [-0.2, -0.15) is 11.8 Å². The number of nitrogens with one attached hydrogen (secondary N) is 2. The molecule has 162 valence electrons. The van der Waals surface area contributed by atoms with E-state index < -0.39 is 6.04 Å². The Morgan fingerprint density at radius 2 is 2.00 bits per heavy atom. The number of halogens is 2. The monoisotopic (exact) mass is 459 g/mol. The van der Waals surface area contributed by atoms with Crippen molar-refractivity contribution in [2.24, 2.45) is 0 Å². The van der Waals surface area contributed by atoms with E-state index in [0.29, 0.717) is 17.0 Å². The molecule has 2 N–H and O–H groups in total. The molecule has 1 aromatic rings. The smallest absolute Gasteiger partial charge is 0.253 e. The third-order valence-corrected chi connectivity index (χ3v) is 6.36. The van der Waals surface area contributed by atoms with Gasteiger partial charge >= 0.3 is 0 Å². The Morgan fingerprint density at radius 3 is 2.62 bits per heavy atom. The van der Waals surface area contributed by atoms with Crippen LogP contribution in [0.5, 0.6) is 0 Å². The summed E-state index contributed by atoms with van der Waals surface area (Å²) in [5, 5.41) is 6.74. The van der Waals surface area contributed by atoms with E-state index in [-0.39, 0.29) is 22.9 Å². The fraction of sp³-hybridized carbons (Fsp3) is 0.619. The van der Waals surface area contributed by atoms with E-state index in [1.165, 1.54) is 18.9 Å². The number of hydrogen-bond acceptors (Lipinski definition) is 4. The maximum atomic E-state index is 12.9. The Bertz CT molecular complexity index is 682. The minimum absolute atomic E-state index is 0.121. The van der Waals surface area contributed by atoms with Gasteiger partial charge in [0.25, 0.3) is 5.91 Å². The van der Waals surface area contributed by atoms with Crippen molar-refractivity contribution < 1.29 is 9.59 Å². The van der Waals surface area contributed by atoms with Crippen molar-refractivity contribution >= 4 is 46.8 Å². The lowest BCUT2D eigenvalue weighted by Gasteiger charge is -2.33. The van der Waals surface area contributed by atoms with Gasteiger partial charge in [0.15, 0.2) is 0 Å². The van der Waals surface area contributed by atoms with Crippen molar-refractivity contribution in [2.45, 2.75) is 51.1 Å². The molecule has 1 aromatic carbocycles. The van der Waals surface area contributed by atoms with E-state index in [2.05, 4.69) is 22.5 Å². The first-order valence-electron chi connectivity index (χ1n) is 10.2. The number of piperidine rings is 1. The Hall–Kier alpha value is -0.950. The van der Waals surface area contributed by atoms with Gasteiger partial charge in [-0.3, -0.25) is 9.59 Å². The number of thioether (sulfide) groups is 1. The van der Waals surface area contributed by atoms with Crippen LogP contribution in [0.4, 0.5) is 0 Å². The summed E-state index contributed by atoms with van der Waals surface area (Å²) in [6, 6.07) is 4.30. The zero-order valence-electron chi connectivity index (χ0n) is 17.2. The summed E-state index contributed by atoms with van der Waals surface area (Å²) in [7, 11) is 0. The molecule has 1 heterocycles. The second-order valence-corrected chi connectivity index (χ2v) is 9.24. The van der Waals surface area contributed by atoms with Gasteiger partial charge in [0, 0.05) is 24.2 Å². The molecule has 1 aliphatic heterocycles. The van der Waals surface area contributed by atoms with Crippen LogP contribution in [0.25, 0.3) is 0 Å². The number of benzene rings is 1. The number of amides is 2. The molecule has 2 amide bonds. The van der Waals surface area contributed by atoms with Crippen LogP contribution in [-0.2, 0) is 4.79 Å². The zero-order valence-corrected chi connectivity index (χ0v) is 19.5. The number of carbonyl (C=O) groups excluding carboxylic acids is 2. The Kier molecular flexibility index (Phi) is 10.6. The molecular formula is C21H31Cl2N3O2S. The van der Waals surface area contributed by atoms with Crippen LogP contribution in [0.2, 0.25) is 10.0 Å². The molecule has 0 spiro atoms. The van der Waals surface area contributed by atoms with Gasteiger partial charge in [-0.05, 0) is 62.4 Å². The highest BCUT2D eigenvalue weighted by Gasteiger charge is 2.26. The van der Waals surface area contributed by atoms with Crippen LogP contribution in [0, 0.1) is 0 Å². The van der Waals surface area contributed by atoms with E-state index >= 15 is 0 Å². The van der Waals surface area contributed by atoms with Crippen LogP contribution >= 0.6 is 35.0 Å². The van der Waals surface area contributed by atoms with Crippen molar-refractivity contribution in [1.82, 2.24) is 15.5 Å². The molecule has 1 fully saturated rings. The highest BCUT2D eigenvalue weighted by Crippen LogP contribution is 2.21. The molecule has 1 atom stereocenters. The SMILES string of the molecule is CCCCN1CCC(NC(=O)C(CCSC)NC(=O)c2ccc(Cl)cc2Cl)CC1. The predicted molar refractivity (Wildman–Crippen MR) is 123 cm³/mol. The normalized spacial score (nSPS) is 16.4. The molecule has 0 bridgehead atoms. The minimum Gasteiger partial charge on any atom is -0.351 e. The molecule has 0 saturated carbocycles. The van der Waals surface area contributed by atoms with Gasteiger partial charge in [0.05, 0.1) is 10.6 Å². The van der Waals surface area contributed by atoms with Gasteiger partial charge in [-0.1, -0.05) is 36.5 Å². The molecule has 0 aromatic heterocycles. The molecule has 1 aliphatic rings. The number of nitrogens with zero attached hydrogens (tertiary/aromatic N) is 1. The van der Waals surface area contributed by atoms with Gasteiger partial charge in [0.2, 0.25) is 5.91 Å². The Balaban J connectivity index is 1.93. The maximum absolute atomic E-state index is 12.9. The summed E-state index contributed by atoms with van der Waals surface area (Å²) in [6.07, 6.45) is 6.86. The van der Waals surface area contributed by atoms with E-state index in [9.17, 15) is 9.59 Å². The van der Waals surface area contributed by atoms with E-state index in [0.717, 1.165) is 38.2 Å². The zero-order chi connectivity index (χ0) is 21.2. The van der Waals surface area contributed by atoms with Gasteiger partial charge < -0.3 is 15.5 Å². The molecule has 5 nitrogen and oxygen atoms in total. The number of hydrogen-bond donors (Lipinski definition) is 2. The standard InChI is InChI=1S/C21H31Cl2N3O2S/c1-3-4-10-26-11-7-16(8-12-26)24-21(28)19(9-13-29-2)25-20(27)17-6-5-15(22)14-18(17)23/h5-6,14,16,19H,3-4,7-13H2,1-2H3,(H,24,28)(H,25,27). The van der Waals surface area contributed by atoms with E-state index in [1.54, 1.807) is 23.9 Å².